The van der Waals surface area contributed by atoms with Crippen LogP contribution >= 0.6 is 0 Å². The van der Waals surface area contributed by atoms with Gasteiger partial charge in [-0.25, -0.2) is 0 Å². The van der Waals surface area contributed by atoms with Gasteiger partial charge in [0, 0.05) is 45.1 Å². The first-order valence-electron chi connectivity index (χ1n) is 18.8. The molecule has 8 bridgehead atoms. The summed E-state index contributed by atoms with van der Waals surface area (Å²) in [5.41, 5.74) is 3.40. The largest absolute Gasteiger partial charge is 0.508 e. The molecule has 8 heterocycles. The lowest BCUT2D eigenvalue weighted by Gasteiger charge is -2.56. The van der Waals surface area contributed by atoms with E-state index in [2.05, 4.69) is 56.2 Å². The number of benzene rings is 4. The fourth-order valence-electron chi connectivity index (χ4n) is 7.06. The molecule has 8 fully saturated rings. The minimum absolute atomic E-state index is 0.0347. The smallest absolute Gasteiger partial charge is 0.153 e. The van der Waals surface area contributed by atoms with Crippen molar-refractivity contribution in [2.75, 3.05) is 118 Å². The highest BCUT2D eigenvalue weighted by molar-refractivity contribution is 5.78. The third-order valence-electron chi connectivity index (χ3n) is 9.44. The third kappa shape index (κ3) is 13.4. The van der Waals surface area contributed by atoms with Crippen molar-refractivity contribution in [3.63, 3.8) is 0 Å². The second-order valence-electron chi connectivity index (χ2n) is 14.9. The van der Waals surface area contributed by atoms with E-state index in [0.717, 1.165) is 17.5 Å². The van der Waals surface area contributed by atoms with Crippen molar-refractivity contribution >= 4 is 23.9 Å². The number of carbonyl (C=O) groups excluding carboxylic acids is 2. The van der Waals surface area contributed by atoms with E-state index in [1.807, 2.05) is 81.6 Å². The van der Waals surface area contributed by atoms with Crippen molar-refractivity contribution in [1.82, 2.24) is 39.2 Å². The van der Waals surface area contributed by atoms with E-state index in [0.29, 0.717) is 17.6 Å². The Hall–Kier alpha value is -4.90. The number of aldehydes is 2. The number of phenols is 2. The van der Waals surface area contributed by atoms with Gasteiger partial charge in [-0.2, -0.15) is 0 Å². The predicted molar refractivity (Wildman–Crippen MR) is 222 cm³/mol. The third-order valence-corrected chi connectivity index (χ3v) is 9.44. The Morgan fingerprint density at radius 1 is 0.411 bits per heavy atom. The van der Waals surface area contributed by atoms with Crippen LogP contribution in [0, 0.1) is 0 Å². The van der Waals surface area contributed by atoms with Gasteiger partial charge in [-0.15, -0.1) is 0 Å². The summed E-state index contributed by atoms with van der Waals surface area (Å²) in [6.45, 7) is 14.2. The molecule has 2 N–H and O–H groups in total. The summed E-state index contributed by atoms with van der Waals surface area (Å²) in [6, 6.07) is 32.8. The van der Waals surface area contributed by atoms with Crippen LogP contribution in [0.25, 0.3) is 0 Å². The molecule has 8 aliphatic rings. The zero-order valence-corrected chi connectivity index (χ0v) is 33.2. The van der Waals surface area contributed by atoms with Gasteiger partial charge in [-0.1, -0.05) is 48.5 Å². The van der Waals surface area contributed by atoms with E-state index in [4.69, 9.17) is 10.2 Å². The van der Waals surface area contributed by atoms with Gasteiger partial charge in [0.05, 0.1) is 85.6 Å². The number of carbonyl (C=O) groups is 2. The Balaban J connectivity index is 0.000000129. The first-order chi connectivity index (χ1) is 27.1. The molecule has 0 atom stereocenters. The van der Waals surface area contributed by atoms with Crippen LogP contribution in [0.2, 0.25) is 0 Å². The van der Waals surface area contributed by atoms with E-state index >= 15 is 0 Å². The van der Waals surface area contributed by atoms with Gasteiger partial charge in [0.1, 0.15) is 17.8 Å². The van der Waals surface area contributed by atoms with E-state index in [1.54, 1.807) is 42.5 Å². The van der Waals surface area contributed by atoms with Crippen LogP contribution in [0.1, 0.15) is 20.7 Å². The van der Waals surface area contributed by atoms with Crippen molar-refractivity contribution in [2.45, 2.75) is 0 Å². The number of phenolic OH excluding ortho intramolecular Hbond substituents is 2. The number of nitrogens with zero attached hydrogens (tertiary/aromatic N) is 10. The lowest BCUT2D eigenvalue weighted by Crippen LogP contribution is -2.71. The van der Waals surface area contributed by atoms with Crippen LogP contribution in [-0.4, -0.2) is 170 Å². The Morgan fingerprint density at radius 3 is 0.982 bits per heavy atom. The summed E-state index contributed by atoms with van der Waals surface area (Å²) in [4.78, 5) is 44.2. The van der Waals surface area contributed by atoms with Crippen LogP contribution in [-0.2, 0) is 0 Å². The average Bonchev–Trinajstić information content (AvgIpc) is 3.19. The van der Waals surface area contributed by atoms with E-state index in [9.17, 15) is 9.59 Å². The predicted octanol–water partition coefficient (Wildman–Crippen LogP) is 3.88. The molecule has 8 saturated heterocycles. The highest BCUT2D eigenvalue weighted by Gasteiger charge is 2.37. The highest BCUT2D eigenvalue weighted by Crippen LogP contribution is 2.21. The molecular formula is C42H58N10O4. The zero-order valence-electron chi connectivity index (χ0n) is 33.2. The maximum absolute atomic E-state index is 10.3. The molecule has 14 heteroatoms. The van der Waals surface area contributed by atoms with Crippen LogP contribution in [0.5, 0.6) is 11.5 Å². The van der Waals surface area contributed by atoms with Crippen molar-refractivity contribution in [3.8, 4) is 11.5 Å². The Kier molecular flexibility index (Phi) is 16.2. The number of para-hydroxylation sites is 3. The van der Waals surface area contributed by atoms with Crippen LogP contribution in [0.4, 0.5) is 11.4 Å². The van der Waals surface area contributed by atoms with Gasteiger partial charge in [0.25, 0.3) is 0 Å². The average molecular weight is 767 g/mol. The van der Waals surface area contributed by atoms with Gasteiger partial charge in [0.15, 0.2) is 6.29 Å². The standard InChI is InChI=1S/C9H11NO.C8H11N.C7H6O2.2C6H12N4.C6H6O/c1-10(2)9-5-3-8(7-11)4-6-9;1-9(2)8-6-4-3-5-7-8;8-5-6-3-1-2-4-7(6)9;2*1-7-2-9-4-8(1)5-10(3-7)6-9;7-6-4-2-1-3-5-6/h3-7H,1-2H3;3-7H,1-2H3;1-5,9H;2*1-6H2;1-5,7H. The van der Waals surface area contributed by atoms with Gasteiger partial charge < -0.3 is 20.0 Å². The van der Waals surface area contributed by atoms with E-state index < -0.39 is 0 Å². The molecule has 8 aliphatic heterocycles. The maximum atomic E-state index is 10.3. The Morgan fingerprint density at radius 2 is 0.732 bits per heavy atom. The summed E-state index contributed by atoms with van der Waals surface area (Å²) in [5.74, 6) is 0.356. The molecule has 0 saturated carbocycles. The minimum atomic E-state index is 0.0347. The second-order valence-corrected chi connectivity index (χ2v) is 14.9. The molecular weight excluding hydrogens is 709 g/mol. The molecule has 300 valence electrons. The number of aromatic hydroxyl groups is 2. The lowest BCUT2D eigenvalue weighted by atomic mass is 10.2. The molecule has 0 aliphatic carbocycles. The van der Waals surface area contributed by atoms with Crippen molar-refractivity contribution in [1.29, 1.82) is 0 Å². The number of anilines is 2. The molecule has 0 unspecified atom stereocenters. The van der Waals surface area contributed by atoms with E-state index in [-0.39, 0.29) is 5.75 Å². The van der Waals surface area contributed by atoms with Gasteiger partial charge in [-0.3, -0.25) is 48.8 Å². The van der Waals surface area contributed by atoms with Gasteiger partial charge in [-0.05, 0) is 60.7 Å². The Bertz CT molecular complexity index is 1600. The summed E-state index contributed by atoms with van der Waals surface area (Å²) < 4.78 is 0. The van der Waals surface area contributed by atoms with Crippen molar-refractivity contribution < 1.29 is 19.8 Å². The van der Waals surface area contributed by atoms with Crippen molar-refractivity contribution in [2.24, 2.45) is 0 Å². The van der Waals surface area contributed by atoms with Gasteiger partial charge >= 0.3 is 0 Å². The first-order valence-corrected chi connectivity index (χ1v) is 18.8. The van der Waals surface area contributed by atoms with Crippen LogP contribution < -0.4 is 9.80 Å². The molecule has 56 heavy (non-hydrogen) atoms. The summed E-state index contributed by atoms with van der Waals surface area (Å²) >= 11 is 0. The zero-order chi connectivity index (χ0) is 39.9. The topological polar surface area (TPSA) is 107 Å². The molecule has 0 radical (unpaired) electrons. The normalized spacial score (nSPS) is 26.4. The molecule has 12 rings (SSSR count). The summed E-state index contributed by atoms with van der Waals surface area (Å²) in [7, 11) is 8.01. The van der Waals surface area contributed by atoms with Gasteiger partial charge in [0.2, 0.25) is 0 Å². The number of hydrogen-bond donors (Lipinski definition) is 2. The monoisotopic (exact) mass is 766 g/mol. The van der Waals surface area contributed by atoms with Crippen LogP contribution in [0.15, 0.2) is 109 Å². The molecule has 4 aromatic rings. The summed E-state index contributed by atoms with van der Waals surface area (Å²) in [6.07, 6.45) is 1.47. The lowest BCUT2D eigenvalue weighted by molar-refractivity contribution is -0.194. The molecule has 4 aromatic carbocycles. The number of hydrogen-bond acceptors (Lipinski definition) is 14. The molecule has 0 aromatic heterocycles. The minimum Gasteiger partial charge on any atom is -0.508 e. The SMILES string of the molecule is C1N2CN3CN1CN(C2)C3.C1N2CN3CN1CN(C2)C3.CN(C)c1ccc(C=O)cc1.CN(C)c1ccccc1.O=Cc1ccccc1O.Oc1ccccc1. The molecule has 0 amide bonds. The van der Waals surface area contributed by atoms with Crippen LogP contribution in [0.3, 0.4) is 0 Å². The fourth-order valence-corrected chi connectivity index (χ4v) is 7.06. The second kappa shape index (κ2) is 21.4. The highest BCUT2D eigenvalue weighted by atomic mass is 16.3. The van der Waals surface area contributed by atoms with E-state index in [1.165, 1.54) is 91.8 Å². The quantitative estimate of drug-likeness (QED) is 0.294. The first kappa shape index (κ1) is 42.2. The Labute approximate surface area is 332 Å². The molecule has 14 nitrogen and oxygen atoms in total. The maximum Gasteiger partial charge on any atom is 0.153 e. The molecule has 0 spiro atoms. The fraction of sp³-hybridized carbons (Fsp3) is 0.381. The van der Waals surface area contributed by atoms with Crippen molar-refractivity contribution in [3.05, 3.63) is 120 Å². The summed E-state index contributed by atoms with van der Waals surface area (Å²) in [5, 5.41) is 17.5. The number of rotatable bonds is 4.